The molecule has 2 aliphatic rings. The summed E-state index contributed by atoms with van der Waals surface area (Å²) in [6, 6.07) is 3.64. The Hall–Kier alpha value is -1.45. The first-order chi connectivity index (χ1) is 8.09. The van der Waals surface area contributed by atoms with E-state index in [4.69, 9.17) is 0 Å². The molecule has 3 atom stereocenters. The Morgan fingerprint density at radius 3 is 2.88 bits per heavy atom. The number of carbonyl (C=O) groups is 1. The number of nitrogens with zero attached hydrogens (tertiary/aromatic N) is 1. The highest BCUT2D eigenvalue weighted by molar-refractivity contribution is 5.80. The van der Waals surface area contributed by atoms with Gasteiger partial charge in [-0.15, -0.1) is 0 Å². The van der Waals surface area contributed by atoms with Crippen molar-refractivity contribution in [1.82, 2.24) is 4.90 Å². The van der Waals surface area contributed by atoms with E-state index in [1.165, 1.54) is 12.1 Å². The maximum atomic E-state index is 14.2. The van der Waals surface area contributed by atoms with E-state index in [0.29, 0.717) is 18.4 Å². The first-order valence-electron chi connectivity index (χ1n) is 5.84. The largest absolute Gasteiger partial charge is 0.330 e. The SMILES string of the molecule is C[C@H]1[C@H](F)c2cc(F)ccc2[C@@H]2CCC(=O)N21. The fraction of sp³-hybridized carbons (Fsp3) is 0.462. The van der Waals surface area contributed by atoms with Crippen LogP contribution in [-0.4, -0.2) is 16.8 Å². The van der Waals surface area contributed by atoms with E-state index in [9.17, 15) is 13.6 Å². The van der Waals surface area contributed by atoms with Gasteiger partial charge in [-0.3, -0.25) is 4.79 Å². The fourth-order valence-electron chi connectivity index (χ4n) is 3.01. The lowest BCUT2D eigenvalue weighted by molar-refractivity contribution is -0.133. The second kappa shape index (κ2) is 3.52. The van der Waals surface area contributed by atoms with Crippen LogP contribution < -0.4 is 0 Å². The van der Waals surface area contributed by atoms with Crippen LogP contribution in [0, 0.1) is 5.82 Å². The molecule has 1 aromatic carbocycles. The van der Waals surface area contributed by atoms with Crippen LogP contribution in [0.5, 0.6) is 0 Å². The summed E-state index contributed by atoms with van der Waals surface area (Å²) in [5.74, 6) is -0.420. The first-order valence-corrected chi connectivity index (χ1v) is 5.84. The van der Waals surface area contributed by atoms with Crippen molar-refractivity contribution in [2.75, 3.05) is 0 Å². The van der Waals surface area contributed by atoms with Gasteiger partial charge in [0.1, 0.15) is 12.0 Å². The summed E-state index contributed by atoms with van der Waals surface area (Å²) in [7, 11) is 0. The zero-order valence-corrected chi connectivity index (χ0v) is 9.49. The number of alkyl halides is 1. The molecule has 0 saturated carbocycles. The summed E-state index contributed by atoms with van der Waals surface area (Å²) >= 11 is 0. The lowest BCUT2D eigenvalue weighted by atomic mass is 9.88. The summed E-state index contributed by atoms with van der Waals surface area (Å²) < 4.78 is 27.4. The van der Waals surface area contributed by atoms with Gasteiger partial charge < -0.3 is 4.90 Å². The van der Waals surface area contributed by atoms with Gasteiger partial charge in [0.2, 0.25) is 5.91 Å². The third kappa shape index (κ3) is 1.39. The predicted molar refractivity (Wildman–Crippen MR) is 58.5 cm³/mol. The lowest BCUT2D eigenvalue weighted by Crippen LogP contribution is -2.42. The minimum atomic E-state index is -1.29. The molecule has 1 amide bonds. The second-order valence-electron chi connectivity index (χ2n) is 4.77. The van der Waals surface area contributed by atoms with Gasteiger partial charge in [-0.25, -0.2) is 8.78 Å². The van der Waals surface area contributed by atoms with Crippen LogP contribution in [0.4, 0.5) is 8.78 Å². The van der Waals surface area contributed by atoms with Crippen LogP contribution in [0.1, 0.15) is 43.1 Å². The molecule has 3 rings (SSSR count). The number of halogens is 2. The Labute approximate surface area is 98.2 Å². The quantitative estimate of drug-likeness (QED) is 0.679. The van der Waals surface area contributed by atoms with Crippen molar-refractivity contribution in [2.24, 2.45) is 0 Å². The average Bonchev–Trinajstić information content (AvgIpc) is 2.68. The van der Waals surface area contributed by atoms with Crippen LogP contribution in [0.15, 0.2) is 18.2 Å². The highest BCUT2D eigenvalue weighted by Gasteiger charge is 2.44. The third-order valence-corrected chi connectivity index (χ3v) is 3.82. The van der Waals surface area contributed by atoms with E-state index in [0.717, 1.165) is 5.56 Å². The molecule has 1 saturated heterocycles. The molecule has 4 heteroatoms. The summed E-state index contributed by atoms with van der Waals surface area (Å²) in [5, 5.41) is 0. The molecule has 2 heterocycles. The maximum absolute atomic E-state index is 14.2. The molecular weight excluding hydrogens is 224 g/mol. The number of rotatable bonds is 0. The minimum absolute atomic E-state index is 0.000116. The second-order valence-corrected chi connectivity index (χ2v) is 4.77. The molecule has 1 aromatic rings. The Balaban J connectivity index is 2.15. The van der Waals surface area contributed by atoms with Crippen LogP contribution in [0.2, 0.25) is 0 Å². The number of fused-ring (bicyclic) bond motifs is 3. The molecular formula is C13H13F2NO. The Bertz CT molecular complexity index is 488. The molecule has 2 nitrogen and oxygen atoms in total. The highest BCUT2D eigenvalue weighted by atomic mass is 19.1. The van der Waals surface area contributed by atoms with Crippen molar-refractivity contribution in [1.29, 1.82) is 0 Å². The molecule has 0 spiro atoms. The van der Waals surface area contributed by atoms with E-state index in [1.54, 1.807) is 17.9 Å². The number of amides is 1. The molecule has 17 heavy (non-hydrogen) atoms. The van der Waals surface area contributed by atoms with E-state index in [2.05, 4.69) is 0 Å². The van der Waals surface area contributed by atoms with Crippen LogP contribution in [-0.2, 0) is 4.79 Å². The van der Waals surface area contributed by atoms with E-state index in [-0.39, 0.29) is 11.9 Å². The Morgan fingerprint density at radius 1 is 1.35 bits per heavy atom. The Morgan fingerprint density at radius 2 is 2.12 bits per heavy atom. The van der Waals surface area contributed by atoms with Gasteiger partial charge in [0.15, 0.2) is 0 Å². The van der Waals surface area contributed by atoms with Gasteiger partial charge in [0, 0.05) is 6.42 Å². The molecule has 0 bridgehead atoms. The summed E-state index contributed by atoms with van der Waals surface area (Å²) in [5.41, 5.74) is 1.18. The molecule has 90 valence electrons. The summed E-state index contributed by atoms with van der Waals surface area (Å²) in [6.45, 7) is 1.69. The number of hydrogen-bond acceptors (Lipinski definition) is 1. The highest BCUT2D eigenvalue weighted by Crippen LogP contribution is 2.46. The zero-order valence-electron chi connectivity index (χ0n) is 9.49. The van der Waals surface area contributed by atoms with E-state index in [1.807, 2.05) is 0 Å². The van der Waals surface area contributed by atoms with Gasteiger partial charge >= 0.3 is 0 Å². The molecule has 0 aliphatic carbocycles. The van der Waals surface area contributed by atoms with Crippen molar-refractivity contribution in [3.8, 4) is 0 Å². The normalized spacial score (nSPS) is 31.4. The number of hydrogen-bond donors (Lipinski definition) is 0. The van der Waals surface area contributed by atoms with Crippen LogP contribution in [0.25, 0.3) is 0 Å². The molecule has 0 N–H and O–H groups in total. The third-order valence-electron chi connectivity index (χ3n) is 3.82. The maximum Gasteiger partial charge on any atom is 0.223 e. The van der Waals surface area contributed by atoms with Crippen molar-refractivity contribution in [3.05, 3.63) is 35.1 Å². The molecule has 2 aliphatic heterocycles. The van der Waals surface area contributed by atoms with Gasteiger partial charge in [0.25, 0.3) is 0 Å². The predicted octanol–water partition coefficient (Wildman–Crippen LogP) is 2.90. The minimum Gasteiger partial charge on any atom is -0.330 e. The van der Waals surface area contributed by atoms with Gasteiger partial charge in [-0.05, 0) is 36.6 Å². The van der Waals surface area contributed by atoms with Gasteiger partial charge in [0.05, 0.1) is 12.1 Å². The zero-order chi connectivity index (χ0) is 12.2. The molecule has 0 aromatic heterocycles. The van der Waals surface area contributed by atoms with Crippen molar-refractivity contribution < 1.29 is 13.6 Å². The van der Waals surface area contributed by atoms with E-state index >= 15 is 0 Å². The molecule has 0 unspecified atom stereocenters. The first kappa shape index (κ1) is 10.7. The van der Waals surface area contributed by atoms with Crippen molar-refractivity contribution >= 4 is 5.91 Å². The number of benzene rings is 1. The summed E-state index contributed by atoms with van der Waals surface area (Å²) in [6.07, 6.45) is -0.133. The van der Waals surface area contributed by atoms with Gasteiger partial charge in [-0.2, -0.15) is 0 Å². The van der Waals surface area contributed by atoms with Crippen LogP contribution >= 0.6 is 0 Å². The monoisotopic (exact) mass is 237 g/mol. The average molecular weight is 237 g/mol. The molecule has 1 fully saturated rings. The molecule has 0 radical (unpaired) electrons. The Kier molecular flexibility index (Phi) is 2.21. The fourth-order valence-corrected chi connectivity index (χ4v) is 3.01. The lowest BCUT2D eigenvalue weighted by Gasteiger charge is -2.39. The topological polar surface area (TPSA) is 20.3 Å². The van der Waals surface area contributed by atoms with Crippen molar-refractivity contribution in [3.63, 3.8) is 0 Å². The van der Waals surface area contributed by atoms with Crippen LogP contribution in [0.3, 0.4) is 0 Å². The van der Waals surface area contributed by atoms with E-state index < -0.39 is 18.0 Å². The number of carbonyl (C=O) groups excluding carboxylic acids is 1. The van der Waals surface area contributed by atoms with Gasteiger partial charge in [-0.1, -0.05) is 6.07 Å². The smallest absolute Gasteiger partial charge is 0.223 e. The standard InChI is InChI=1S/C13H13F2NO/c1-7-13(15)10-6-8(14)2-3-9(10)11-4-5-12(17)16(7)11/h2-3,6-7,11,13H,4-5H2,1H3/t7-,11-,13-/m0/s1. The summed E-state index contributed by atoms with van der Waals surface area (Å²) in [4.78, 5) is 13.3. The van der Waals surface area contributed by atoms with Crippen molar-refractivity contribution in [2.45, 2.75) is 38.0 Å².